The standard InChI is InChI=1S/C13H28N4O/c1-15-8-5-12(6-9-15)16(2)10-11-17(3)13(18)4-7-14/h12H,4-11,14H2,1-3H3. The molecular weight excluding hydrogens is 228 g/mol. The molecule has 1 fully saturated rings. The van der Waals surface area contributed by atoms with Gasteiger partial charge in [0.15, 0.2) is 0 Å². The number of likely N-dealkylation sites (N-methyl/N-ethyl adjacent to an activating group) is 2. The van der Waals surface area contributed by atoms with Crippen LogP contribution >= 0.6 is 0 Å². The summed E-state index contributed by atoms with van der Waals surface area (Å²) < 4.78 is 0. The van der Waals surface area contributed by atoms with Gasteiger partial charge in [0, 0.05) is 39.1 Å². The van der Waals surface area contributed by atoms with Crippen LogP contribution < -0.4 is 5.73 Å². The number of hydrogen-bond acceptors (Lipinski definition) is 4. The van der Waals surface area contributed by atoms with Crippen LogP contribution in [0.25, 0.3) is 0 Å². The van der Waals surface area contributed by atoms with E-state index < -0.39 is 0 Å². The molecule has 5 heteroatoms. The molecule has 0 radical (unpaired) electrons. The van der Waals surface area contributed by atoms with Crippen molar-refractivity contribution in [3.05, 3.63) is 0 Å². The fourth-order valence-electron chi connectivity index (χ4n) is 2.37. The van der Waals surface area contributed by atoms with E-state index in [1.54, 1.807) is 4.90 Å². The Balaban J connectivity index is 2.23. The number of amides is 1. The second-order valence-corrected chi connectivity index (χ2v) is 5.37. The molecule has 0 bridgehead atoms. The Bertz CT molecular complexity index is 251. The summed E-state index contributed by atoms with van der Waals surface area (Å²) in [6, 6.07) is 0.666. The van der Waals surface area contributed by atoms with Crippen molar-refractivity contribution in [2.45, 2.75) is 25.3 Å². The third kappa shape index (κ3) is 4.92. The first kappa shape index (κ1) is 15.4. The lowest BCUT2D eigenvalue weighted by atomic mass is 10.0. The Morgan fingerprint density at radius 2 is 1.89 bits per heavy atom. The van der Waals surface area contributed by atoms with Crippen molar-refractivity contribution in [2.24, 2.45) is 5.73 Å². The van der Waals surface area contributed by atoms with E-state index in [4.69, 9.17) is 5.73 Å². The Morgan fingerprint density at radius 1 is 1.28 bits per heavy atom. The number of carbonyl (C=O) groups is 1. The maximum atomic E-state index is 11.6. The zero-order valence-electron chi connectivity index (χ0n) is 12.1. The Labute approximate surface area is 111 Å². The predicted molar refractivity (Wildman–Crippen MR) is 74.5 cm³/mol. The van der Waals surface area contributed by atoms with Crippen LogP contribution in [0.1, 0.15) is 19.3 Å². The van der Waals surface area contributed by atoms with Gasteiger partial charge in [-0.25, -0.2) is 0 Å². The highest BCUT2D eigenvalue weighted by atomic mass is 16.2. The molecule has 0 aromatic heterocycles. The molecule has 0 saturated carbocycles. The quantitative estimate of drug-likeness (QED) is 0.716. The van der Waals surface area contributed by atoms with Gasteiger partial charge in [-0.1, -0.05) is 0 Å². The minimum Gasteiger partial charge on any atom is -0.344 e. The molecule has 0 aromatic carbocycles. The van der Waals surface area contributed by atoms with Crippen LogP contribution in [0.4, 0.5) is 0 Å². The highest BCUT2D eigenvalue weighted by molar-refractivity contribution is 5.75. The molecule has 1 rings (SSSR count). The topological polar surface area (TPSA) is 52.8 Å². The summed E-state index contributed by atoms with van der Waals surface area (Å²) in [4.78, 5) is 18.1. The summed E-state index contributed by atoms with van der Waals surface area (Å²) in [5.74, 6) is 0.147. The Kier molecular flexibility index (Phi) is 6.60. The van der Waals surface area contributed by atoms with Crippen molar-refractivity contribution in [1.29, 1.82) is 0 Å². The lowest BCUT2D eigenvalue weighted by Crippen LogP contribution is -2.44. The number of nitrogens with zero attached hydrogens (tertiary/aromatic N) is 3. The number of rotatable bonds is 6. The second-order valence-electron chi connectivity index (χ2n) is 5.37. The fourth-order valence-corrected chi connectivity index (χ4v) is 2.37. The van der Waals surface area contributed by atoms with Crippen molar-refractivity contribution < 1.29 is 4.79 Å². The SMILES string of the molecule is CN1CCC(N(C)CCN(C)C(=O)CCN)CC1. The number of hydrogen-bond donors (Lipinski definition) is 1. The number of piperidine rings is 1. The highest BCUT2D eigenvalue weighted by Gasteiger charge is 2.20. The van der Waals surface area contributed by atoms with Gasteiger partial charge in [0.25, 0.3) is 0 Å². The van der Waals surface area contributed by atoms with Gasteiger partial charge in [-0.3, -0.25) is 4.79 Å². The fraction of sp³-hybridized carbons (Fsp3) is 0.923. The van der Waals surface area contributed by atoms with E-state index in [2.05, 4.69) is 23.9 Å². The van der Waals surface area contributed by atoms with Crippen molar-refractivity contribution >= 4 is 5.91 Å². The van der Waals surface area contributed by atoms with Crippen LogP contribution in [-0.4, -0.2) is 80.5 Å². The maximum absolute atomic E-state index is 11.6. The Hall–Kier alpha value is -0.650. The van der Waals surface area contributed by atoms with E-state index in [0.717, 1.165) is 13.1 Å². The van der Waals surface area contributed by atoms with Crippen LogP contribution in [0.2, 0.25) is 0 Å². The predicted octanol–water partition coefficient (Wildman–Crippen LogP) is -0.180. The van der Waals surface area contributed by atoms with Crippen molar-refractivity contribution in [3.8, 4) is 0 Å². The molecule has 0 atom stereocenters. The lowest BCUT2D eigenvalue weighted by molar-refractivity contribution is -0.129. The van der Waals surface area contributed by atoms with Crippen molar-refractivity contribution in [3.63, 3.8) is 0 Å². The smallest absolute Gasteiger partial charge is 0.223 e. The second kappa shape index (κ2) is 7.71. The summed E-state index contributed by atoms with van der Waals surface area (Å²) in [6.45, 7) is 4.53. The van der Waals surface area contributed by atoms with Gasteiger partial charge < -0.3 is 20.4 Å². The summed E-state index contributed by atoms with van der Waals surface area (Å²) in [6.07, 6.45) is 2.91. The molecular formula is C13H28N4O. The number of likely N-dealkylation sites (tertiary alicyclic amines) is 1. The molecule has 1 heterocycles. The molecule has 0 unspecified atom stereocenters. The first-order valence-corrected chi connectivity index (χ1v) is 6.87. The van der Waals surface area contributed by atoms with E-state index in [0.29, 0.717) is 19.0 Å². The first-order chi connectivity index (χ1) is 8.54. The molecule has 1 amide bonds. The molecule has 0 spiro atoms. The van der Waals surface area contributed by atoms with Gasteiger partial charge in [-0.15, -0.1) is 0 Å². The van der Waals surface area contributed by atoms with Gasteiger partial charge in [0.1, 0.15) is 0 Å². The summed E-state index contributed by atoms with van der Waals surface area (Å²) in [5.41, 5.74) is 5.39. The summed E-state index contributed by atoms with van der Waals surface area (Å²) in [7, 11) is 6.20. The van der Waals surface area contributed by atoms with E-state index in [9.17, 15) is 4.79 Å². The third-order valence-electron chi connectivity index (χ3n) is 3.88. The average Bonchev–Trinajstić information content (AvgIpc) is 2.36. The highest BCUT2D eigenvalue weighted by Crippen LogP contribution is 2.13. The molecule has 1 saturated heterocycles. The normalized spacial score (nSPS) is 18.3. The molecule has 0 aromatic rings. The van der Waals surface area contributed by atoms with Gasteiger partial charge in [-0.05, 0) is 40.0 Å². The maximum Gasteiger partial charge on any atom is 0.223 e. The minimum absolute atomic E-state index is 0.147. The van der Waals surface area contributed by atoms with E-state index in [-0.39, 0.29) is 5.91 Å². The van der Waals surface area contributed by atoms with Crippen LogP contribution in [0.5, 0.6) is 0 Å². The molecule has 0 aliphatic carbocycles. The monoisotopic (exact) mass is 256 g/mol. The van der Waals surface area contributed by atoms with Gasteiger partial charge in [0.05, 0.1) is 0 Å². The van der Waals surface area contributed by atoms with E-state index in [1.807, 2.05) is 7.05 Å². The summed E-state index contributed by atoms with van der Waals surface area (Å²) in [5, 5.41) is 0. The molecule has 5 nitrogen and oxygen atoms in total. The van der Waals surface area contributed by atoms with Crippen LogP contribution in [0.3, 0.4) is 0 Å². The van der Waals surface area contributed by atoms with Gasteiger partial charge >= 0.3 is 0 Å². The minimum atomic E-state index is 0.147. The van der Waals surface area contributed by atoms with E-state index in [1.165, 1.54) is 25.9 Å². The zero-order chi connectivity index (χ0) is 13.5. The van der Waals surface area contributed by atoms with Crippen LogP contribution in [0, 0.1) is 0 Å². The largest absolute Gasteiger partial charge is 0.344 e. The van der Waals surface area contributed by atoms with Crippen LogP contribution in [0.15, 0.2) is 0 Å². The average molecular weight is 256 g/mol. The van der Waals surface area contributed by atoms with Crippen LogP contribution in [-0.2, 0) is 4.79 Å². The molecule has 18 heavy (non-hydrogen) atoms. The first-order valence-electron chi connectivity index (χ1n) is 6.87. The molecule has 1 aliphatic rings. The number of nitrogens with two attached hydrogens (primary N) is 1. The van der Waals surface area contributed by atoms with E-state index >= 15 is 0 Å². The molecule has 106 valence electrons. The van der Waals surface area contributed by atoms with Gasteiger partial charge in [-0.2, -0.15) is 0 Å². The summed E-state index contributed by atoms with van der Waals surface area (Å²) >= 11 is 0. The number of carbonyl (C=O) groups excluding carboxylic acids is 1. The van der Waals surface area contributed by atoms with Gasteiger partial charge in [0.2, 0.25) is 5.91 Å². The van der Waals surface area contributed by atoms with Crippen molar-refractivity contribution in [1.82, 2.24) is 14.7 Å². The molecule has 1 aliphatic heterocycles. The zero-order valence-corrected chi connectivity index (χ0v) is 12.1. The molecule has 2 N–H and O–H groups in total. The Morgan fingerprint density at radius 3 is 2.44 bits per heavy atom. The van der Waals surface area contributed by atoms with Crippen molar-refractivity contribution in [2.75, 3.05) is 53.9 Å². The lowest BCUT2D eigenvalue weighted by Gasteiger charge is -2.35. The third-order valence-corrected chi connectivity index (χ3v) is 3.88.